The van der Waals surface area contributed by atoms with Crippen molar-refractivity contribution in [3.8, 4) is 5.75 Å². The van der Waals surface area contributed by atoms with Gasteiger partial charge in [0.2, 0.25) is 0 Å². The number of aromatic nitrogens is 1. The molecule has 5 atom stereocenters. The normalized spacial score (nSPS) is 26.1. The summed E-state index contributed by atoms with van der Waals surface area (Å²) in [6.45, 7) is 2.80. The van der Waals surface area contributed by atoms with Crippen molar-refractivity contribution in [2.24, 2.45) is 10.9 Å². The molecule has 2 heterocycles. The number of rotatable bonds is 5. The summed E-state index contributed by atoms with van der Waals surface area (Å²) in [7, 11) is 1.25. The van der Waals surface area contributed by atoms with Crippen LogP contribution in [0, 0.1) is 18.7 Å². The summed E-state index contributed by atoms with van der Waals surface area (Å²) in [4.78, 5) is 17.0. The lowest BCUT2D eigenvalue weighted by atomic mass is 9.76. The molecule has 0 radical (unpaired) electrons. The average Bonchev–Trinajstić information content (AvgIpc) is 3.08. The van der Waals surface area contributed by atoms with E-state index in [2.05, 4.69) is 4.99 Å². The zero-order valence-electron chi connectivity index (χ0n) is 19.4. The molecular formula is C23H26F4N2O6. The van der Waals surface area contributed by atoms with Crippen LogP contribution in [0.25, 0.3) is 0 Å². The summed E-state index contributed by atoms with van der Waals surface area (Å²) >= 11 is 0. The highest BCUT2D eigenvalue weighted by Crippen LogP contribution is 2.55. The molecular weight excluding hydrogens is 476 g/mol. The van der Waals surface area contributed by atoms with Gasteiger partial charge in [0.1, 0.15) is 23.8 Å². The fourth-order valence-electron chi connectivity index (χ4n) is 4.33. The number of carbonyl (C=O) groups excluding carboxylic acids is 1. The Hall–Kier alpha value is -2.96. The number of hydrogen-bond acceptors (Lipinski definition) is 6. The first kappa shape index (κ1) is 26.6. The maximum atomic E-state index is 14.1. The Balaban J connectivity index is 2.16. The van der Waals surface area contributed by atoms with Gasteiger partial charge in [0.15, 0.2) is 5.60 Å². The minimum Gasteiger partial charge on any atom is -0.496 e. The number of pyridine rings is 1. The molecule has 1 aliphatic heterocycles. The van der Waals surface area contributed by atoms with Gasteiger partial charge >= 0.3 is 6.18 Å². The summed E-state index contributed by atoms with van der Waals surface area (Å²) < 4.78 is 67.5. The second-order valence-corrected chi connectivity index (χ2v) is 8.56. The maximum absolute atomic E-state index is 14.1. The van der Waals surface area contributed by atoms with E-state index >= 15 is 0 Å². The molecule has 1 aromatic carbocycles. The molecule has 1 aliphatic rings. The zero-order valence-corrected chi connectivity index (χ0v) is 19.4. The van der Waals surface area contributed by atoms with Crippen molar-refractivity contribution < 1.29 is 47.3 Å². The van der Waals surface area contributed by atoms with Gasteiger partial charge in [0.25, 0.3) is 5.91 Å². The van der Waals surface area contributed by atoms with Crippen LogP contribution in [0.4, 0.5) is 17.6 Å². The van der Waals surface area contributed by atoms with Crippen molar-refractivity contribution in [3.63, 3.8) is 0 Å². The van der Waals surface area contributed by atoms with E-state index in [-0.39, 0.29) is 27.9 Å². The van der Waals surface area contributed by atoms with Crippen LogP contribution < -0.4 is 10.1 Å². The van der Waals surface area contributed by atoms with Gasteiger partial charge in [0.05, 0.1) is 24.8 Å². The first-order valence-electron chi connectivity index (χ1n) is 10.6. The van der Waals surface area contributed by atoms with E-state index in [1.165, 1.54) is 33.1 Å². The van der Waals surface area contributed by atoms with E-state index in [1.54, 1.807) is 0 Å². The van der Waals surface area contributed by atoms with E-state index in [9.17, 15) is 32.7 Å². The molecule has 192 valence electrons. The smallest absolute Gasteiger partial charge is 0.417 e. The number of aliphatic hydroxyl groups is 2. The van der Waals surface area contributed by atoms with Crippen molar-refractivity contribution in [3.05, 3.63) is 58.5 Å². The predicted molar refractivity (Wildman–Crippen MR) is 113 cm³/mol. The monoisotopic (exact) mass is 502 g/mol. The molecule has 0 spiro atoms. The number of methoxy groups -OCH3 is 1. The summed E-state index contributed by atoms with van der Waals surface area (Å²) in [6, 6.07) is 4.63. The molecule has 0 unspecified atom stereocenters. The van der Waals surface area contributed by atoms with Crippen molar-refractivity contribution in [2.75, 3.05) is 13.7 Å². The largest absolute Gasteiger partial charge is 0.496 e. The number of carbonyl (C=O) groups is 1. The number of hydrogen-bond donors (Lipinski definition) is 3. The van der Waals surface area contributed by atoms with Gasteiger partial charge in [-0.05, 0) is 32.0 Å². The zero-order chi connectivity index (χ0) is 26.3. The second kappa shape index (κ2) is 9.59. The predicted octanol–water partition coefficient (Wildman–Crippen LogP) is 2.77. The van der Waals surface area contributed by atoms with E-state index in [4.69, 9.17) is 14.6 Å². The van der Waals surface area contributed by atoms with Crippen molar-refractivity contribution in [1.29, 1.82) is 0 Å². The highest BCUT2D eigenvalue weighted by atomic mass is 19.4. The van der Waals surface area contributed by atoms with Gasteiger partial charge in [-0.15, -0.1) is 0 Å². The minimum absolute atomic E-state index is 0.00376. The average molecular weight is 502 g/mol. The molecule has 1 saturated heterocycles. The number of aliphatic hydroxyl groups excluding tert-OH is 2. The Labute approximate surface area is 198 Å². The topological polar surface area (TPSA) is 114 Å². The highest BCUT2D eigenvalue weighted by Gasteiger charge is 2.65. The number of alkyl halides is 3. The lowest BCUT2D eigenvalue weighted by Gasteiger charge is -2.32. The molecule has 1 fully saturated rings. The molecule has 0 aliphatic carbocycles. The van der Waals surface area contributed by atoms with Crippen LogP contribution in [0.3, 0.4) is 0 Å². The molecule has 0 saturated carbocycles. The van der Waals surface area contributed by atoms with E-state index in [1.807, 2.05) is 0 Å². The van der Waals surface area contributed by atoms with Crippen LogP contribution >= 0.6 is 0 Å². The number of halogens is 4. The van der Waals surface area contributed by atoms with Crippen LogP contribution in [-0.4, -0.2) is 57.7 Å². The molecule has 12 heteroatoms. The maximum Gasteiger partial charge on any atom is 0.417 e. The second-order valence-electron chi connectivity index (χ2n) is 8.56. The Morgan fingerprint density at radius 3 is 2.57 bits per heavy atom. The Kier molecular flexibility index (Phi) is 7.30. The molecule has 3 rings (SSSR count). The van der Waals surface area contributed by atoms with Crippen LogP contribution in [0.1, 0.15) is 42.7 Å². The van der Waals surface area contributed by atoms with Gasteiger partial charge < -0.3 is 24.9 Å². The van der Waals surface area contributed by atoms with Gasteiger partial charge in [-0.3, -0.25) is 4.79 Å². The molecule has 1 aromatic heterocycles. The Morgan fingerprint density at radius 1 is 1.34 bits per heavy atom. The third-order valence-corrected chi connectivity index (χ3v) is 6.55. The molecule has 2 aromatic rings. The molecule has 3 N–H and O–H groups in total. The standard InChI is InChI=1S/C23H26F4N2O6/c1-11-15(24)6-5-14(19(11)34-4)18-12(2)22(3,23(25,26)27)35-20(18)21(32)28-13-7-8-29(33)16(9-13)17(31)10-30/h5-9,12,17-18,20,30-31,33H,10H2,1-4H3/t12-,17+,18-,20+,22+/m1/s1. The Morgan fingerprint density at radius 2 is 2.00 bits per heavy atom. The van der Waals surface area contributed by atoms with Crippen molar-refractivity contribution in [1.82, 2.24) is 4.73 Å². The number of nitrogens with zero attached hydrogens (tertiary/aromatic N) is 2. The molecule has 35 heavy (non-hydrogen) atoms. The summed E-state index contributed by atoms with van der Waals surface area (Å²) in [5, 5.41) is 28.7. The van der Waals surface area contributed by atoms with Gasteiger partial charge in [-0.2, -0.15) is 17.9 Å². The fraction of sp³-hybridized carbons (Fsp3) is 0.478. The van der Waals surface area contributed by atoms with Crippen LogP contribution in [0.5, 0.6) is 5.75 Å². The van der Waals surface area contributed by atoms with E-state index in [0.29, 0.717) is 4.73 Å². The number of ether oxygens (including phenoxy) is 2. The van der Waals surface area contributed by atoms with E-state index in [0.717, 1.165) is 25.3 Å². The van der Waals surface area contributed by atoms with E-state index < -0.39 is 54.2 Å². The molecule has 1 amide bonds. The lowest BCUT2D eigenvalue weighted by molar-refractivity contribution is -0.272. The molecule has 0 bridgehead atoms. The highest BCUT2D eigenvalue weighted by molar-refractivity contribution is 5.83. The van der Waals surface area contributed by atoms with Gasteiger partial charge in [0, 0.05) is 29.2 Å². The van der Waals surface area contributed by atoms with Crippen molar-refractivity contribution in [2.45, 2.75) is 50.7 Å². The third-order valence-electron chi connectivity index (χ3n) is 6.55. The number of amides is 1. The fourth-order valence-corrected chi connectivity index (χ4v) is 4.33. The quantitative estimate of drug-likeness (QED) is 0.428. The molecule has 8 nitrogen and oxygen atoms in total. The summed E-state index contributed by atoms with van der Waals surface area (Å²) in [5.41, 5.74) is -2.68. The SMILES string of the molecule is COc1c([C@@H]2[C@@H](C(=O)N=c3ccn(O)c([C@@H](O)CO)c3)O[C@](C)(C(F)(F)F)[C@@H]2C)ccc(F)c1C. The Bertz CT molecular complexity index is 1180. The lowest BCUT2D eigenvalue weighted by Crippen LogP contribution is -2.47. The first-order chi connectivity index (χ1) is 16.3. The summed E-state index contributed by atoms with van der Waals surface area (Å²) in [6.07, 6.45) is -7.00. The van der Waals surface area contributed by atoms with Crippen LogP contribution in [0.2, 0.25) is 0 Å². The van der Waals surface area contributed by atoms with Crippen LogP contribution in [-0.2, 0) is 9.53 Å². The van der Waals surface area contributed by atoms with Gasteiger partial charge in [-0.25, -0.2) is 9.38 Å². The third kappa shape index (κ3) is 4.65. The van der Waals surface area contributed by atoms with Crippen molar-refractivity contribution >= 4 is 5.91 Å². The first-order valence-corrected chi connectivity index (χ1v) is 10.6. The van der Waals surface area contributed by atoms with Crippen LogP contribution in [0.15, 0.2) is 35.5 Å². The number of benzene rings is 1. The van der Waals surface area contributed by atoms with Gasteiger partial charge in [-0.1, -0.05) is 13.0 Å². The summed E-state index contributed by atoms with van der Waals surface area (Å²) in [5.74, 6) is -4.16. The minimum atomic E-state index is -4.84.